The van der Waals surface area contributed by atoms with Gasteiger partial charge in [0.1, 0.15) is 17.5 Å². The van der Waals surface area contributed by atoms with E-state index in [9.17, 15) is 4.79 Å². The highest BCUT2D eigenvalue weighted by molar-refractivity contribution is 5.97. The predicted octanol–water partition coefficient (Wildman–Crippen LogP) is 2.13. The van der Waals surface area contributed by atoms with Crippen LogP contribution in [0.2, 0.25) is 0 Å². The van der Waals surface area contributed by atoms with Crippen molar-refractivity contribution in [3.8, 4) is 6.07 Å². The zero-order chi connectivity index (χ0) is 14.1. The monoisotopic (exact) mass is 258 g/mol. The van der Waals surface area contributed by atoms with E-state index in [4.69, 9.17) is 5.26 Å². The van der Waals surface area contributed by atoms with Crippen LogP contribution >= 0.6 is 0 Å². The van der Waals surface area contributed by atoms with E-state index in [1.54, 1.807) is 12.3 Å². The largest absolute Gasteiger partial charge is 0.351 e. The van der Waals surface area contributed by atoms with Gasteiger partial charge < -0.3 is 10.6 Å². The molecule has 0 bridgehead atoms. The minimum Gasteiger partial charge on any atom is -0.351 e. The van der Waals surface area contributed by atoms with Crippen molar-refractivity contribution in [3.05, 3.63) is 35.7 Å². The molecule has 1 aromatic heterocycles. The second-order valence-corrected chi connectivity index (χ2v) is 4.14. The quantitative estimate of drug-likeness (QED) is 0.465. The number of nitriles is 1. The predicted molar refractivity (Wildman–Crippen MR) is 74.2 cm³/mol. The third-order valence-corrected chi connectivity index (χ3v) is 2.46. The Balaban J connectivity index is 2.59. The van der Waals surface area contributed by atoms with Crippen molar-refractivity contribution in [2.24, 2.45) is 0 Å². The van der Waals surface area contributed by atoms with Crippen molar-refractivity contribution in [3.63, 3.8) is 0 Å². The molecule has 1 aromatic rings. The van der Waals surface area contributed by atoms with Gasteiger partial charge in [-0.2, -0.15) is 5.26 Å². The van der Waals surface area contributed by atoms with Gasteiger partial charge in [-0.15, -0.1) is 0 Å². The maximum atomic E-state index is 11.7. The SMILES string of the molecule is CCCCNC(=O)/C(C#N)=C\Nc1ccc(C)cn1. The fourth-order valence-corrected chi connectivity index (χ4v) is 1.32. The number of aryl methyl sites for hydroxylation is 1. The van der Waals surface area contributed by atoms with E-state index in [2.05, 4.69) is 15.6 Å². The Morgan fingerprint density at radius 2 is 2.32 bits per heavy atom. The Labute approximate surface area is 113 Å². The van der Waals surface area contributed by atoms with Crippen molar-refractivity contribution in [2.45, 2.75) is 26.7 Å². The Kier molecular flexibility index (Phi) is 6.10. The maximum absolute atomic E-state index is 11.7. The Morgan fingerprint density at radius 1 is 1.53 bits per heavy atom. The van der Waals surface area contributed by atoms with Crippen LogP contribution in [0.3, 0.4) is 0 Å². The summed E-state index contributed by atoms with van der Waals surface area (Å²) in [6.45, 7) is 4.56. The van der Waals surface area contributed by atoms with Gasteiger partial charge in [0.15, 0.2) is 0 Å². The van der Waals surface area contributed by atoms with Gasteiger partial charge in [-0.05, 0) is 25.0 Å². The highest BCUT2D eigenvalue weighted by atomic mass is 16.1. The maximum Gasteiger partial charge on any atom is 0.263 e. The third kappa shape index (κ3) is 5.21. The molecule has 1 heterocycles. The third-order valence-electron chi connectivity index (χ3n) is 2.46. The van der Waals surface area contributed by atoms with E-state index < -0.39 is 0 Å². The van der Waals surface area contributed by atoms with Crippen LogP contribution in [0, 0.1) is 18.3 Å². The summed E-state index contributed by atoms with van der Waals surface area (Å²) in [4.78, 5) is 15.8. The normalized spacial score (nSPS) is 10.7. The van der Waals surface area contributed by atoms with E-state index in [0.29, 0.717) is 12.4 Å². The van der Waals surface area contributed by atoms with Gasteiger partial charge in [-0.25, -0.2) is 4.98 Å². The number of nitrogens with one attached hydrogen (secondary N) is 2. The molecule has 0 unspecified atom stereocenters. The average Bonchev–Trinajstić information content (AvgIpc) is 2.42. The van der Waals surface area contributed by atoms with Gasteiger partial charge in [0.2, 0.25) is 0 Å². The first-order chi connectivity index (χ1) is 9.17. The molecule has 5 heteroatoms. The highest BCUT2D eigenvalue weighted by Crippen LogP contribution is 2.04. The Morgan fingerprint density at radius 3 is 2.89 bits per heavy atom. The van der Waals surface area contributed by atoms with Crippen LogP contribution in [-0.2, 0) is 4.79 Å². The Bertz CT molecular complexity index is 485. The summed E-state index contributed by atoms with van der Waals surface area (Å²) in [6, 6.07) is 5.56. The number of rotatable bonds is 6. The van der Waals surface area contributed by atoms with Crippen molar-refractivity contribution < 1.29 is 4.79 Å². The first kappa shape index (κ1) is 14.7. The summed E-state index contributed by atoms with van der Waals surface area (Å²) in [5.74, 6) is 0.232. The second-order valence-electron chi connectivity index (χ2n) is 4.14. The smallest absolute Gasteiger partial charge is 0.263 e. The minimum absolute atomic E-state index is 0.0403. The number of unbranched alkanes of at least 4 members (excludes halogenated alkanes) is 1. The van der Waals surface area contributed by atoms with E-state index in [0.717, 1.165) is 18.4 Å². The molecule has 1 rings (SSSR count). The fraction of sp³-hybridized carbons (Fsp3) is 0.357. The van der Waals surface area contributed by atoms with Crippen LogP contribution in [0.1, 0.15) is 25.3 Å². The van der Waals surface area contributed by atoms with Crippen molar-refractivity contribution in [2.75, 3.05) is 11.9 Å². The number of hydrogen-bond donors (Lipinski definition) is 2. The number of carbonyl (C=O) groups is 1. The number of hydrogen-bond acceptors (Lipinski definition) is 4. The van der Waals surface area contributed by atoms with Crippen LogP contribution in [-0.4, -0.2) is 17.4 Å². The molecule has 0 spiro atoms. The molecule has 100 valence electrons. The van der Waals surface area contributed by atoms with Gasteiger partial charge in [0.25, 0.3) is 5.91 Å². The van der Waals surface area contributed by atoms with Gasteiger partial charge in [0.05, 0.1) is 0 Å². The van der Waals surface area contributed by atoms with Crippen LogP contribution in [0.25, 0.3) is 0 Å². The van der Waals surface area contributed by atoms with Crippen LogP contribution < -0.4 is 10.6 Å². The van der Waals surface area contributed by atoms with Crippen molar-refractivity contribution in [1.29, 1.82) is 5.26 Å². The zero-order valence-corrected chi connectivity index (χ0v) is 11.2. The summed E-state index contributed by atoms with van der Waals surface area (Å²) < 4.78 is 0. The van der Waals surface area contributed by atoms with Gasteiger partial charge in [-0.1, -0.05) is 19.4 Å². The summed E-state index contributed by atoms with van der Waals surface area (Å²) in [6.07, 6.45) is 4.98. The molecule has 19 heavy (non-hydrogen) atoms. The van der Waals surface area contributed by atoms with E-state index >= 15 is 0 Å². The number of anilines is 1. The average molecular weight is 258 g/mol. The van der Waals surface area contributed by atoms with Crippen molar-refractivity contribution >= 4 is 11.7 Å². The van der Waals surface area contributed by atoms with Crippen molar-refractivity contribution in [1.82, 2.24) is 10.3 Å². The first-order valence-corrected chi connectivity index (χ1v) is 6.25. The van der Waals surface area contributed by atoms with Gasteiger partial charge in [-0.3, -0.25) is 4.79 Å². The van der Waals surface area contributed by atoms with E-state index in [1.165, 1.54) is 6.20 Å². The van der Waals surface area contributed by atoms with Gasteiger partial charge in [0, 0.05) is 18.9 Å². The van der Waals surface area contributed by atoms with Crippen LogP contribution in [0.15, 0.2) is 30.1 Å². The fourth-order valence-electron chi connectivity index (χ4n) is 1.32. The lowest BCUT2D eigenvalue weighted by Crippen LogP contribution is -2.25. The molecule has 0 atom stereocenters. The van der Waals surface area contributed by atoms with Gasteiger partial charge >= 0.3 is 0 Å². The molecule has 0 aliphatic carbocycles. The molecule has 0 radical (unpaired) electrons. The number of nitrogens with zero attached hydrogens (tertiary/aromatic N) is 2. The zero-order valence-electron chi connectivity index (χ0n) is 11.2. The lowest BCUT2D eigenvalue weighted by Gasteiger charge is -2.04. The number of carbonyl (C=O) groups excluding carboxylic acids is 1. The summed E-state index contributed by atoms with van der Waals surface area (Å²) >= 11 is 0. The topological polar surface area (TPSA) is 77.8 Å². The summed E-state index contributed by atoms with van der Waals surface area (Å²) in [5, 5.41) is 14.5. The molecule has 0 aliphatic heterocycles. The van der Waals surface area contributed by atoms with E-state index in [-0.39, 0.29) is 11.5 Å². The molecular weight excluding hydrogens is 240 g/mol. The molecule has 0 aliphatic rings. The first-order valence-electron chi connectivity index (χ1n) is 6.25. The number of aromatic nitrogens is 1. The molecule has 0 saturated heterocycles. The molecule has 5 nitrogen and oxygen atoms in total. The Hall–Kier alpha value is -2.35. The molecule has 0 aromatic carbocycles. The molecule has 2 N–H and O–H groups in total. The molecule has 1 amide bonds. The molecular formula is C14H18N4O. The minimum atomic E-state index is -0.365. The highest BCUT2D eigenvalue weighted by Gasteiger charge is 2.07. The second kappa shape index (κ2) is 7.88. The lowest BCUT2D eigenvalue weighted by atomic mass is 10.2. The summed E-state index contributed by atoms with van der Waals surface area (Å²) in [5.41, 5.74) is 1.09. The molecule has 0 fully saturated rings. The summed E-state index contributed by atoms with van der Waals surface area (Å²) in [7, 11) is 0. The lowest BCUT2D eigenvalue weighted by molar-refractivity contribution is -0.117. The number of pyridine rings is 1. The van der Waals surface area contributed by atoms with E-state index in [1.807, 2.05) is 26.0 Å². The van der Waals surface area contributed by atoms with Crippen LogP contribution in [0.4, 0.5) is 5.82 Å². The van der Waals surface area contributed by atoms with Crippen LogP contribution in [0.5, 0.6) is 0 Å². The number of amides is 1. The molecule has 0 saturated carbocycles. The standard InChI is InChI=1S/C14H18N4O/c1-3-4-7-16-14(19)12(8-15)10-18-13-6-5-11(2)9-17-13/h5-6,9-10H,3-4,7H2,1-2H3,(H,16,19)(H,17,18)/b12-10-.